The monoisotopic (exact) mass is 451 g/mol. The van der Waals surface area contributed by atoms with Gasteiger partial charge in [-0.1, -0.05) is 6.58 Å². The number of hydrogen-bond acceptors (Lipinski definition) is 5. The van der Waals surface area contributed by atoms with Gasteiger partial charge < -0.3 is 19.7 Å². The summed E-state index contributed by atoms with van der Waals surface area (Å²) < 4.78 is 12.4. The molecule has 1 N–H and O–H groups in total. The van der Waals surface area contributed by atoms with Gasteiger partial charge in [0.25, 0.3) is 5.91 Å². The van der Waals surface area contributed by atoms with Crippen LogP contribution in [0.15, 0.2) is 30.5 Å². The molecule has 2 saturated heterocycles. The minimum absolute atomic E-state index is 0.0652. The first-order valence-corrected chi connectivity index (χ1v) is 12.5. The van der Waals surface area contributed by atoms with E-state index in [2.05, 4.69) is 23.7 Å². The van der Waals surface area contributed by atoms with Gasteiger partial charge in [0.1, 0.15) is 17.9 Å². The number of fused-ring (bicyclic) bond motifs is 3. The van der Waals surface area contributed by atoms with E-state index in [-0.39, 0.29) is 17.9 Å². The van der Waals surface area contributed by atoms with E-state index in [0.717, 1.165) is 36.7 Å². The van der Waals surface area contributed by atoms with Gasteiger partial charge in [-0.2, -0.15) is 0 Å². The summed E-state index contributed by atoms with van der Waals surface area (Å²) in [4.78, 5) is 29.7. The van der Waals surface area contributed by atoms with Gasteiger partial charge in [0.2, 0.25) is 5.91 Å². The zero-order chi connectivity index (χ0) is 22.7. The highest BCUT2D eigenvalue weighted by Gasteiger charge is 2.53. The van der Waals surface area contributed by atoms with Gasteiger partial charge in [-0.15, -0.1) is 0 Å². The van der Waals surface area contributed by atoms with E-state index >= 15 is 0 Å². The highest BCUT2D eigenvalue weighted by molar-refractivity contribution is 6.01. The fraction of sp³-hybridized carbons (Fsp3) is 0.615. The van der Waals surface area contributed by atoms with Gasteiger partial charge in [0, 0.05) is 43.5 Å². The molecule has 0 radical (unpaired) electrons. The van der Waals surface area contributed by atoms with Gasteiger partial charge in [-0.3, -0.25) is 14.5 Å². The molecule has 5 aliphatic rings. The SMILES string of the molecule is C=C1CCC(N2Cc3cc(O[C@H]4C(N5CC(OCC)C5)[C@@H]5CC[C@H]4C5)ccc3C2=O)C(=O)N1. The molecule has 2 bridgehead atoms. The van der Waals surface area contributed by atoms with Crippen molar-refractivity contribution < 1.29 is 19.1 Å². The molecular weight excluding hydrogens is 418 g/mol. The third kappa shape index (κ3) is 3.56. The van der Waals surface area contributed by atoms with Crippen molar-refractivity contribution in [3.63, 3.8) is 0 Å². The molecule has 5 atom stereocenters. The van der Waals surface area contributed by atoms with Gasteiger partial charge in [0.15, 0.2) is 0 Å². The molecular formula is C26H33N3O4. The van der Waals surface area contributed by atoms with Gasteiger partial charge >= 0.3 is 0 Å². The summed E-state index contributed by atoms with van der Waals surface area (Å²) in [5.74, 6) is 1.97. The Morgan fingerprint density at radius 1 is 1.15 bits per heavy atom. The number of hydrogen-bond donors (Lipinski definition) is 1. The lowest BCUT2D eigenvalue weighted by Gasteiger charge is -2.47. The van der Waals surface area contributed by atoms with E-state index in [0.29, 0.717) is 48.9 Å². The molecule has 0 aromatic heterocycles. The van der Waals surface area contributed by atoms with Crippen LogP contribution in [0.3, 0.4) is 0 Å². The van der Waals surface area contributed by atoms with E-state index in [1.807, 2.05) is 18.2 Å². The maximum atomic E-state index is 13.0. The maximum absolute atomic E-state index is 13.0. The number of carbonyl (C=O) groups is 2. The molecule has 2 amide bonds. The van der Waals surface area contributed by atoms with Crippen molar-refractivity contribution in [2.45, 2.75) is 69.9 Å². The predicted molar refractivity (Wildman–Crippen MR) is 123 cm³/mol. The minimum Gasteiger partial charge on any atom is -0.488 e. The second-order valence-electron chi connectivity index (χ2n) is 10.3. The number of nitrogens with zero attached hydrogens (tertiary/aromatic N) is 2. The second kappa shape index (κ2) is 8.13. The Labute approximate surface area is 195 Å². The number of nitrogens with one attached hydrogen (secondary N) is 1. The van der Waals surface area contributed by atoms with E-state index in [1.54, 1.807) is 4.90 Å². The van der Waals surface area contributed by atoms with Crippen LogP contribution in [0.25, 0.3) is 0 Å². The average molecular weight is 452 g/mol. The summed E-state index contributed by atoms with van der Waals surface area (Å²) in [6.07, 6.45) is 5.69. The lowest BCUT2D eigenvalue weighted by Crippen LogP contribution is -2.61. The van der Waals surface area contributed by atoms with Crippen molar-refractivity contribution >= 4 is 11.8 Å². The molecule has 33 heavy (non-hydrogen) atoms. The Morgan fingerprint density at radius 3 is 2.76 bits per heavy atom. The van der Waals surface area contributed by atoms with Crippen LogP contribution in [-0.2, 0) is 16.1 Å². The lowest BCUT2D eigenvalue weighted by molar-refractivity contribution is -0.126. The van der Waals surface area contributed by atoms with Crippen LogP contribution in [0, 0.1) is 11.8 Å². The first-order valence-electron chi connectivity index (χ1n) is 12.5. The van der Waals surface area contributed by atoms with E-state index in [9.17, 15) is 9.59 Å². The van der Waals surface area contributed by atoms with Crippen molar-refractivity contribution in [3.05, 3.63) is 41.6 Å². The normalized spacial score (nSPS) is 33.9. The third-order valence-electron chi connectivity index (χ3n) is 8.38. The quantitative estimate of drug-likeness (QED) is 0.720. The van der Waals surface area contributed by atoms with Crippen molar-refractivity contribution in [1.29, 1.82) is 0 Å². The zero-order valence-electron chi connectivity index (χ0n) is 19.3. The highest BCUT2D eigenvalue weighted by atomic mass is 16.5. The zero-order valence-corrected chi connectivity index (χ0v) is 19.3. The van der Waals surface area contributed by atoms with Crippen LogP contribution in [0.5, 0.6) is 5.75 Å². The topological polar surface area (TPSA) is 71.1 Å². The predicted octanol–water partition coefficient (Wildman–Crippen LogP) is 2.70. The van der Waals surface area contributed by atoms with E-state index in [1.165, 1.54) is 19.3 Å². The molecule has 2 saturated carbocycles. The summed E-state index contributed by atoms with van der Waals surface area (Å²) >= 11 is 0. The van der Waals surface area contributed by atoms with Crippen molar-refractivity contribution in [1.82, 2.24) is 15.1 Å². The molecule has 7 nitrogen and oxygen atoms in total. The second-order valence-corrected chi connectivity index (χ2v) is 10.3. The molecule has 3 aliphatic heterocycles. The molecule has 1 aromatic carbocycles. The van der Waals surface area contributed by atoms with E-state index < -0.39 is 6.04 Å². The largest absolute Gasteiger partial charge is 0.488 e. The van der Waals surface area contributed by atoms with Crippen LogP contribution in [0.1, 0.15) is 54.9 Å². The molecule has 2 aliphatic carbocycles. The van der Waals surface area contributed by atoms with Crippen LogP contribution in [-0.4, -0.2) is 65.6 Å². The number of ether oxygens (including phenoxy) is 2. The Bertz CT molecular complexity index is 988. The fourth-order valence-electron chi connectivity index (χ4n) is 6.80. The number of rotatable bonds is 6. The minimum atomic E-state index is -0.431. The number of allylic oxidation sites excluding steroid dienone is 1. The lowest BCUT2D eigenvalue weighted by atomic mass is 9.89. The molecule has 2 unspecified atom stereocenters. The summed E-state index contributed by atoms with van der Waals surface area (Å²) in [5.41, 5.74) is 2.37. The molecule has 4 fully saturated rings. The number of carbonyl (C=O) groups excluding carboxylic acids is 2. The Morgan fingerprint density at radius 2 is 1.97 bits per heavy atom. The Balaban J connectivity index is 1.16. The first kappa shape index (κ1) is 21.2. The summed E-state index contributed by atoms with van der Waals surface area (Å²) in [6.45, 7) is 9.14. The highest BCUT2D eigenvalue weighted by Crippen LogP contribution is 2.49. The molecule has 7 heteroatoms. The van der Waals surface area contributed by atoms with Gasteiger partial charge in [0.05, 0.1) is 6.10 Å². The van der Waals surface area contributed by atoms with Crippen LogP contribution >= 0.6 is 0 Å². The third-order valence-corrected chi connectivity index (χ3v) is 8.38. The molecule has 0 spiro atoms. The first-order chi connectivity index (χ1) is 16.0. The molecule has 1 aromatic rings. The Kier molecular flexibility index (Phi) is 5.22. The summed E-state index contributed by atoms with van der Waals surface area (Å²) in [5, 5.41) is 2.80. The Hall–Kier alpha value is -2.38. The number of benzene rings is 1. The molecule has 176 valence electrons. The average Bonchev–Trinajstić information content (AvgIpc) is 3.45. The number of amides is 2. The van der Waals surface area contributed by atoms with Crippen molar-refractivity contribution in [2.75, 3.05) is 19.7 Å². The number of likely N-dealkylation sites (tertiary alicyclic amines) is 1. The van der Waals surface area contributed by atoms with Gasteiger partial charge in [-0.05, 0) is 74.6 Å². The van der Waals surface area contributed by atoms with Crippen LogP contribution in [0.4, 0.5) is 0 Å². The van der Waals surface area contributed by atoms with Gasteiger partial charge in [-0.25, -0.2) is 0 Å². The standard InChI is InChI=1S/C26H33N3O4/c1-3-32-20-13-28(14-20)23-16-5-6-17(10-16)24(23)33-19-7-8-21-18(11-19)12-29(26(21)31)22-9-4-15(2)27-25(22)30/h7-8,11,16-17,20,22-24H,2-6,9-10,12-14H2,1H3,(H,27,30)/t16-,17+,22?,23?,24-/m1/s1. The molecule has 6 rings (SSSR count). The summed E-state index contributed by atoms with van der Waals surface area (Å²) in [6, 6.07) is 5.87. The summed E-state index contributed by atoms with van der Waals surface area (Å²) in [7, 11) is 0. The fourth-order valence-corrected chi connectivity index (χ4v) is 6.80. The maximum Gasteiger partial charge on any atom is 0.255 e. The van der Waals surface area contributed by atoms with Crippen LogP contribution in [0.2, 0.25) is 0 Å². The van der Waals surface area contributed by atoms with Crippen molar-refractivity contribution in [2.24, 2.45) is 11.8 Å². The van der Waals surface area contributed by atoms with Crippen molar-refractivity contribution in [3.8, 4) is 5.75 Å². The number of piperidine rings is 1. The van der Waals surface area contributed by atoms with Crippen LogP contribution < -0.4 is 10.1 Å². The smallest absolute Gasteiger partial charge is 0.255 e. The van der Waals surface area contributed by atoms with E-state index in [4.69, 9.17) is 9.47 Å². The molecule has 3 heterocycles.